The van der Waals surface area contributed by atoms with Gasteiger partial charge in [-0.15, -0.1) is 0 Å². The van der Waals surface area contributed by atoms with Crippen LogP contribution in [0.5, 0.6) is 0 Å². The molecule has 2 heterocycles. The molecular formula is C13H21N5OS. The molecule has 7 heteroatoms. The Hall–Kier alpha value is -1.34. The van der Waals surface area contributed by atoms with E-state index in [1.807, 2.05) is 0 Å². The van der Waals surface area contributed by atoms with Crippen LogP contribution in [-0.4, -0.2) is 35.6 Å². The Balaban J connectivity index is 1.71. The van der Waals surface area contributed by atoms with Gasteiger partial charge in [-0.2, -0.15) is 0 Å². The normalized spacial score (nSPS) is 21.8. The second kappa shape index (κ2) is 4.89. The number of piperidine rings is 1. The van der Waals surface area contributed by atoms with Crippen LogP contribution in [0.1, 0.15) is 42.3 Å². The minimum Gasteiger partial charge on any atom is -0.382 e. The Morgan fingerprint density at radius 3 is 2.70 bits per heavy atom. The molecule has 1 aromatic heterocycles. The minimum atomic E-state index is -0.0973. The summed E-state index contributed by atoms with van der Waals surface area (Å²) in [6.07, 6.45) is 3.99. The Labute approximate surface area is 122 Å². The van der Waals surface area contributed by atoms with Crippen molar-refractivity contribution in [2.45, 2.75) is 44.2 Å². The van der Waals surface area contributed by atoms with E-state index in [2.05, 4.69) is 22.1 Å². The number of nitrogens with one attached hydrogen (secondary N) is 1. The average Bonchev–Trinajstić information content (AvgIpc) is 2.98. The molecule has 0 unspecified atom stereocenters. The van der Waals surface area contributed by atoms with Crippen molar-refractivity contribution < 1.29 is 4.79 Å². The molecule has 1 aliphatic carbocycles. The third kappa shape index (κ3) is 2.73. The van der Waals surface area contributed by atoms with Crippen LogP contribution >= 0.6 is 11.3 Å². The molecule has 110 valence electrons. The molecular weight excluding hydrogens is 274 g/mol. The van der Waals surface area contributed by atoms with Gasteiger partial charge in [0.05, 0.1) is 0 Å². The molecule has 0 spiro atoms. The number of aromatic nitrogens is 1. The van der Waals surface area contributed by atoms with Gasteiger partial charge in [-0.25, -0.2) is 4.98 Å². The number of nitrogens with two attached hydrogens (primary N) is 2. The lowest BCUT2D eigenvalue weighted by molar-refractivity contribution is 0.0940. The number of carbonyl (C=O) groups excluding carboxylic acids is 1. The van der Waals surface area contributed by atoms with Gasteiger partial charge in [0, 0.05) is 24.7 Å². The first-order valence-corrected chi connectivity index (χ1v) is 7.88. The average molecular weight is 295 g/mol. The zero-order valence-corrected chi connectivity index (χ0v) is 12.5. The largest absolute Gasteiger partial charge is 0.382 e. The van der Waals surface area contributed by atoms with E-state index in [9.17, 15) is 4.79 Å². The minimum absolute atomic E-state index is 0.0361. The van der Waals surface area contributed by atoms with Crippen LogP contribution in [0.2, 0.25) is 0 Å². The number of nitrogens with zero attached hydrogens (tertiary/aromatic N) is 2. The Kier molecular flexibility index (Phi) is 3.33. The number of amides is 1. The number of hydrogen-bond donors (Lipinski definition) is 3. The highest BCUT2D eigenvalue weighted by Crippen LogP contribution is 2.36. The summed E-state index contributed by atoms with van der Waals surface area (Å²) in [5.41, 5.74) is 11.8. The van der Waals surface area contributed by atoms with Crippen LogP contribution in [0, 0.1) is 0 Å². The SMILES string of the molecule is CC1(NC(=O)c2sc(N3CCC(N)CC3)nc2N)CC1. The maximum atomic E-state index is 12.2. The molecule has 0 bridgehead atoms. The van der Waals surface area contributed by atoms with Gasteiger partial charge < -0.3 is 21.7 Å². The molecule has 0 aromatic carbocycles. The summed E-state index contributed by atoms with van der Waals surface area (Å²) in [6.45, 7) is 3.81. The van der Waals surface area contributed by atoms with Crippen LogP contribution < -0.4 is 21.7 Å². The van der Waals surface area contributed by atoms with E-state index in [1.54, 1.807) is 0 Å². The molecule has 1 saturated carbocycles. The summed E-state index contributed by atoms with van der Waals surface area (Å²) in [6, 6.07) is 0.279. The van der Waals surface area contributed by atoms with E-state index < -0.39 is 0 Å². The van der Waals surface area contributed by atoms with Gasteiger partial charge >= 0.3 is 0 Å². The van der Waals surface area contributed by atoms with E-state index in [0.717, 1.165) is 43.9 Å². The fraction of sp³-hybridized carbons (Fsp3) is 0.692. The van der Waals surface area contributed by atoms with Gasteiger partial charge in [0.1, 0.15) is 10.7 Å². The van der Waals surface area contributed by atoms with E-state index in [1.165, 1.54) is 11.3 Å². The second-order valence-electron chi connectivity index (χ2n) is 6.05. The van der Waals surface area contributed by atoms with E-state index in [-0.39, 0.29) is 17.5 Å². The zero-order chi connectivity index (χ0) is 14.3. The summed E-state index contributed by atoms with van der Waals surface area (Å²) < 4.78 is 0. The number of hydrogen-bond acceptors (Lipinski definition) is 6. The lowest BCUT2D eigenvalue weighted by atomic mass is 10.1. The van der Waals surface area contributed by atoms with Crippen molar-refractivity contribution in [3.63, 3.8) is 0 Å². The topological polar surface area (TPSA) is 97.3 Å². The van der Waals surface area contributed by atoms with Crippen molar-refractivity contribution >= 4 is 28.2 Å². The summed E-state index contributed by atoms with van der Waals surface area (Å²) in [5, 5.41) is 3.86. The van der Waals surface area contributed by atoms with Gasteiger partial charge in [0.25, 0.3) is 5.91 Å². The fourth-order valence-electron chi connectivity index (χ4n) is 2.35. The predicted molar refractivity (Wildman–Crippen MR) is 81.1 cm³/mol. The first-order chi connectivity index (χ1) is 9.47. The fourth-order valence-corrected chi connectivity index (χ4v) is 3.28. The third-order valence-electron chi connectivity index (χ3n) is 4.07. The number of anilines is 2. The standard InChI is InChI=1S/C13H21N5OS/c1-13(4-5-13)17-11(19)9-10(15)16-12(20-9)18-6-2-8(14)3-7-18/h8H,2-7,14-15H2,1H3,(H,17,19). The van der Waals surface area contributed by atoms with E-state index in [4.69, 9.17) is 11.5 Å². The first kappa shape index (κ1) is 13.6. The first-order valence-electron chi connectivity index (χ1n) is 7.06. The lowest BCUT2D eigenvalue weighted by Crippen LogP contribution is -2.39. The van der Waals surface area contributed by atoms with Gasteiger partial charge in [-0.1, -0.05) is 11.3 Å². The summed E-state index contributed by atoms with van der Waals surface area (Å²) in [7, 11) is 0. The van der Waals surface area contributed by atoms with Crippen molar-refractivity contribution in [1.29, 1.82) is 0 Å². The number of thiazole rings is 1. The molecule has 2 fully saturated rings. The predicted octanol–water partition coefficient (Wildman–Crippen LogP) is 0.935. The molecule has 20 heavy (non-hydrogen) atoms. The van der Waals surface area contributed by atoms with Crippen LogP contribution in [0.25, 0.3) is 0 Å². The quantitative estimate of drug-likeness (QED) is 0.771. The molecule has 3 rings (SSSR count). The third-order valence-corrected chi connectivity index (χ3v) is 5.20. The second-order valence-corrected chi connectivity index (χ2v) is 7.03. The van der Waals surface area contributed by atoms with E-state index >= 15 is 0 Å². The van der Waals surface area contributed by atoms with Crippen LogP contribution in [0.4, 0.5) is 10.9 Å². The van der Waals surface area contributed by atoms with Crippen molar-refractivity contribution in [2.75, 3.05) is 23.7 Å². The van der Waals surface area contributed by atoms with Crippen molar-refractivity contribution in [1.82, 2.24) is 10.3 Å². The van der Waals surface area contributed by atoms with Crippen molar-refractivity contribution in [3.8, 4) is 0 Å². The maximum Gasteiger partial charge on any atom is 0.265 e. The molecule has 1 aromatic rings. The number of nitrogen functional groups attached to an aromatic ring is 1. The molecule has 1 amide bonds. The molecule has 2 aliphatic rings. The van der Waals surface area contributed by atoms with Crippen LogP contribution in [0.3, 0.4) is 0 Å². The smallest absolute Gasteiger partial charge is 0.265 e. The summed E-state index contributed by atoms with van der Waals surface area (Å²) in [4.78, 5) is 19.3. The Bertz CT molecular complexity index is 517. The maximum absolute atomic E-state index is 12.2. The summed E-state index contributed by atoms with van der Waals surface area (Å²) >= 11 is 1.38. The molecule has 5 N–H and O–H groups in total. The zero-order valence-electron chi connectivity index (χ0n) is 11.7. The van der Waals surface area contributed by atoms with Gasteiger partial charge in [-0.05, 0) is 32.6 Å². The van der Waals surface area contributed by atoms with Gasteiger partial charge in [-0.3, -0.25) is 4.79 Å². The van der Waals surface area contributed by atoms with Gasteiger partial charge in [0.15, 0.2) is 5.13 Å². The van der Waals surface area contributed by atoms with Crippen LogP contribution in [-0.2, 0) is 0 Å². The molecule has 0 atom stereocenters. The Morgan fingerprint density at radius 2 is 2.10 bits per heavy atom. The van der Waals surface area contributed by atoms with Crippen molar-refractivity contribution in [2.24, 2.45) is 5.73 Å². The van der Waals surface area contributed by atoms with E-state index in [0.29, 0.717) is 10.7 Å². The molecule has 6 nitrogen and oxygen atoms in total. The molecule has 1 aliphatic heterocycles. The number of carbonyl (C=O) groups is 1. The van der Waals surface area contributed by atoms with Crippen molar-refractivity contribution in [3.05, 3.63) is 4.88 Å². The number of rotatable bonds is 3. The van der Waals surface area contributed by atoms with Gasteiger partial charge in [0.2, 0.25) is 0 Å². The highest BCUT2D eigenvalue weighted by atomic mass is 32.1. The summed E-state index contributed by atoms with van der Waals surface area (Å²) in [5.74, 6) is 0.238. The highest BCUT2D eigenvalue weighted by molar-refractivity contribution is 7.18. The Morgan fingerprint density at radius 1 is 1.45 bits per heavy atom. The molecule has 1 saturated heterocycles. The van der Waals surface area contributed by atoms with Crippen LogP contribution in [0.15, 0.2) is 0 Å². The lowest BCUT2D eigenvalue weighted by Gasteiger charge is -2.29. The molecule has 0 radical (unpaired) electrons. The highest BCUT2D eigenvalue weighted by Gasteiger charge is 2.39. The monoisotopic (exact) mass is 295 g/mol.